The van der Waals surface area contributed by atoms with E-state index in [1.54, 1.807) is 0 Å². The largest absolute Gasteiger partial charge is 0.366 e. The van der Waals surface area contributed by atoms with Crippen LogP contribution in [0.25, 0.3) is 0 Å². The fourth-order valence-corrected chi connectivity index (χ4v) is 2.77. The molecule has 98 valence electrons. The van der Waals surface area contributed by atoms with E-state index in [1.165, 1.54) is 25.0 Å². The summed E-state index contributed by atoms with van der Waals surface area (Å²) in [5.74, 6) is -0.254. The van der Waals surface area contributed by atoms with E-state index in [-0.39, 0.29) is 6.04 Å². The van der Waals surface area contributed by atoms with E-state index in [4.69, 9.17) is 0 Å². The zero-order chi connectivity index (χ0) is 12.7. The van der Waals surface area contributed by atoms with Crippen LogP contribution >= 0.6 is 0 Å². The molecule has 1 aliphatic carbocycles. The average molecular weight is 252 g/mol. The first-order valence-electron chi connectivity index (χ1n) is 6.59. The predicted octanol–water partition coefficient (Wildman–Crippen LogP) is 2.54. The Morgan fingerprint density at radius 3 is 2.44 bits per heavy atom. The lowest BCUT2D eigenvalue weighted by Gasteiger charge is -2.40. The molecule has 0 spiro atoms. The molecule has 2 unspecified atom stereocenters. The maximum absolute atomic E-state index is 13.3. The Labute approximate surface area is 106 Å². The van der Waals surface area contributed by atoms with E-state index in [0.29, 0.717) is 11.7 Å². The molecule has 1 aliphatic heterocycles. The van der Waals surface area contributed by atoms with Crippen LogP contribution in [-0.2, 0) is 0 Å². The molecule has 1 N–H and O–H groups in total. The highest BCUT2D eigenvalue weighted by atomic mass is 19.1. The van der Waals surface area contributed by atoms with Crippen LogP contribution in [0.3, 0.4) is 0 Å². The second-order valence-corrected chi connectivity index (χ2v) is 5.48. The number of rotatable bonds is 2. The first-order valence-corrected chi connectivity index (χ1v) is 6.59. The second-order valence-electron chi connectivity index (χ2n) is 5.48. The molecule has 18 heavy (non-hydrogen) atoms. The standard InChI is InChI=1S/C14H18F2N2/c1-9-7-17-14(10-2-3-10)8-18(9)13-5-11(15)4-12(16)6-13/h4-6,9-10,14,17H,2-3,7-8H2,1H3. The quantitative estimate of drug-likeness (QED) is 0.870. The molecule has 4 heteroatoms. The molecule has 0 radical (unpaired) electrons. The van der Waals surface area contributed by atoms with E-state index in [9.17, 15) is 8.78 Å². The Hall–Kier alpha value is -1.16. The fraction of sp³-hybridized carbons (Fsp3) is 0.571. The molecule has 0 bridgehead atoms. The van der Waals surface area contributed by atoms with Gasteiger partial charge < -0.3 is 10.2 Å². The summed E-state index contributed by atoms with van der Waals surface area (Å²) in [7, 11) is 0. The third kappa shape index (κ3) is 2.34. The van der Waals surface area contributed by atoms with Gasteiger partial charge in [-0.3, -0.25) is 0 Å². The lowest BCUT2D eigenvalue weighted by atomic mass is 10.1. The SMILES string of the molecule is CC1CNC(C2CC2)CN1c1cc(F)cc(F)c1. The molecule has 2 atom stereocenters. The van der Waals surface area contributed by atoms with Crippen molar-refractivity contribution in [2.24, 2.45) is 5.92 Å². The average Bonchev–Trinajstić information content (AvgIpc) is 3.12. The molecule has 1 heterocycles. The Morgan fingerprint density at radius 2 is 1.83 bits per heavy atom. The number of piperazine rings is 1. The Balaban J connectivity index is 1.83. The maximum atomic E-state index is 13.3. The van der Waals surface area contributed by atoms with Gasteiger partial charge in [0.1, 0.15) is 11.6 Å². The minimum Gasteiger partial charge on any atom is -0.366 e. The fourth-order valence-electron chi connectivity index (χ4n) is 2.77. The first-order chi connectivity index (χ1) is 8.63. The number of hydrogen-bond acceptors (Lipinski definition) is 2. The summed E-state index contributed by atoms with van der Waals surface area (Å²) in [6.45, 7) is 3.80. The molecular weight excluding hydrogens is 234 g/mol. The molecular formula is C14H18F2N2. The highest BCUT2D eigenvalue weighted by molar-refractivity contribution is 5.48. The monoisotopic (exact) mass is 252 g/mol. The lowest BCUT2D eigenvalue weighted by Crippen LogP contribution is -2.56. The van der Waals surface area contributed by atoms with Gasteiger partial charge in [-0.1, -0.05) is 0 Å². The summed E-state index contributed by atoms with van der Waals surface area (Å²) >= 11 is 0. The summed E-state index contributed by atoms with van der Waals surface area (Å²) in [4.78, 5) is 2.12. The number of nitrogens with zero attached hydrogens (tertiary/aromatic N) is 1. The first kappa shape index (κ1) is 11.9. The number of nitrogens with one attached hydrogen (secondary N) is 1. The third-order valence-corrected chi connectivity index (χ3v) is 3.97. The molecule has 1 aromatic rings. The molecule has 0 amide bonds. The summed E-state index contributed by atoms with van der Waals surface area (Å²) < 4.78 is 26.6. The highest BCUT2D eigenvalue weighted by Crippen LogP contribution is 2.35. The van der Waals surface area contributed by atoms with Crippen LogP contribution in [0.4, 0.5) is 14.5 Å². The Morgan fingerprint density at radius 1 is 1.17 bits per heavy atom. The van der Waals surface area contributed by atoms with Crippen LogP contribution in [-0.4, -0.2) is 25.2 Å². The molecule has 0 aromatic heterocycles. The predicted molar refractivity (Wildman–Crippen MR) is 67.7 cm³/mol. The van der Waals surface area contributed by atoms with Gasteiger partial charge in [-0.2, -0.15) is 0 Å². The molecule has 2 aliphatic rings. The smallest absolute Gasteiger partial charge is 0.128 e. The topological polar surface area (TPSA) is 15.3 Å². The molecule has 1 saturated heterocycles. The van der Waals surface area contributed by atoms with Gasteiger partial charge in [-0.25, -0.2) is 8.78 Å². The van der Waals surface area contributed by atoms with Gasteiger partial charge in [0.2, 0.25) is 0 Å². The van der Waals surface area contributed by atoms with E-state index in [1.807, 2.05) is 0 Å². The van der Waals surface area contributed by atoms with Crippen LogP contribution in [0.5, 0.6) is 0 Å². The van der Waals surface area contributed by atoms with Crippen molar-refractivity contribution in [2.45, 2.75) is 31.8 Å². The Kier molecular flexibility index (Phi) is 2.98. The van der Waals surface area contributed by atoms with Crippen LogP contribution in [0.15, 0.2) is 18.2 Å². The van der Waals surface area contributed by atoms with Crippen molar-refractivity contribution in [1.82, 2.24) is 5.32 Å². The van der Waals surface area contributed by atoms with Crippen molar-refractivity contribution >= 4 is 5.69 Å². The number of hydrogen-bond donors (Lipinski definition) is 1. The molecule has 3 rings (SSSR count). The van der Waals surface area contributed by atoms with Crippen molar-refractivity contribution in [3.63, 3.8) is 0 Å². The molecule has 2 fully saturated rings. The maximum Gasteiger partial charge on any atom is 0.128 e. The van der Waals surface area contributed by atoms with Crippen molar-refractivity contribution in [1.29, 1.82) is 0 Å². The minimum absolute atomic E-state index is 0.265. The summed E-state index contributed by atoms with van der Waals surface area (Å²) in [5.41, 5.74) is 0.659. The van der Waals surface area contributed by atoms with Crippen molar-refractivity contribution in [3.8, 4) is 0 Å². The highest BCUT2D eigenvalue weighted by Gasteiger charge is 2.36. The van der Waals surface area contributed by atoms with Crippen molar-refractivity contribution in [3.05, 3.63) is 29.8 Å². The third-order valence-electron chi connectivity index (χ3n) is 3.97. The lowest BCUT2D eigenvalue weighted by molar-refractivity contribution is 0.375. The van der Waals surface area contributed by atoms with E-state index in [2.05, 4.69) is 17.1 Å². The van der Waals surface area contributed by atoms with Gasteiger partial charge in [-0.05, 0) is 37.8 Å². The second kappa shape index (κ2) is 4.50. The van der Waals surface area contributed by atoms with Gasteiger partial charge in [0.25, 0.3) is 0 Å². The van der Waals surface area contributed by atoms with Crippen LogP contribution in [0, 0.1) is 17.6 Å². The van der Waals surface area contributed by atoms with Gasteiger partial charge in [0.15, 0.2) is 0 Å². The Bertz CT molecular complexity index is 425. The van der Waals surface area contributed by atoms with Crippen molar-refractivity contribution < 1.29 is 8.78 Å². The van der Waals surface area contributed by atoms with Crippen LogP contribution in [0.1, 0.15) is 19.8 Å². The molecule has 2 nitrogen and oxygen atoms in total. The molecule has 1 aromatic carbocycles. The van der Waals surface area contributed by atoms with Gasteiger partial charge in [0.05, 0.1) is 0 Å². The minimum atomic E-state index is -0.501. The van der Waals surface area contributed by atoms with Crippen LogP contribution in [0.2, 0.25) is 0 Å². The number of benzene rings is 1. The molecule has 1 saturated carbocycles. The van der Waals surface area contributed by atoms with Gasteiger partial charge in [0, 0.05) is 36.9 Å². The number of anilines is 1. The van der Waals surface area contributed by atoms with Crippen molar-refractivity contribution in [2.75, 3.05) is 18.0 Å². The summed E-state index contributed by atoms with van der Waals surface area (Å²) in [6.07, 6.45) is 2.55. The summed E-state index contributed by atoms with van der Waals surface area (Å²) in [6, 6.07) is 4.51. The number of halogens is 2. The van der Waals surface area contributed by atoms with E-state index < -0.39 is 11.6 Å². The van der Waals surface area contributed by atoms with Crippen LogP contribution < -0.4 is 10.2 Å². The van der Waals surface area contributed by atoms with Gasteiger partial charge in [-0.15, -0.1) is 0 Å². The van der Waals surface area contributed by atoms with E-state index >= 15 is 0 Å². The zero-order valence-electron chi connectivity index (χ0n) is 10.5. The summed E-state index contributed by atoms with van der Waals surface area (Å²) in [5, 5.41) is 3.53. The van der Waals surface area contributed by atoms with Gasteiger partial charge >= 0.3 is 0 Å². The zero-order valence-corrected chi connectivity index (χ0v) is 10.5. The normalized spacial score (nSPS) is 28.5. The van der Waals surface area contributed by atoms with E-state index in [0.717, 1.165) is 25.1 Å².